The topological polar surface area (TPSA) is 52.3 Å². The fourth-order valence-electron chi connectivity index (χ4n) is 0.787. The van der Waals surface area contributed by atoms with E-state index in [9.17, 15) is 4.79 Å². The maximum absolute atomic E-state index is 9.60. The minimum Gasteiger partial charge on any atom is -0.462 e. The molecule has 2 N–H and O–H groups in total. The number of rotatable bonds is 3. The number of carbonyl (C=O) groups excluding carboxylic acids is 1. The van der Waals surface area contributed by atoms with Crippen molar-refractivity contribution in [2.75, 3.05) is 6.54 Å². The van der Waals surface area contributed by atoms with Crippen LogP contribution in [0.3, 0.4) is 0 Å². The van der Waals surface area contributed by atoms with Crippen molar-refractivity contribution in [3.05, 3.63) is 0 Å². The van der Waals surface area contributed by atoms with Gasteiger partial charge in [-0.05, 0) is 39.7 Å². The van der Waals surface area contributed by atoms with Crippen LogP contribution in [0.5, 0.6) is 0 Å². The molecular formula is C10H21NO2. The van der Waals surface area contributed by atoms with Gasteiger partial charge in [0, 0.05) is 0 Å². The summed E-state index contributed by atoms with van der Waals surface area (Å²) < 4.78 is 4.55. The summed E-state index contributed by atoms with van der Waals surface area (Å²) in [6, 6.07) is 0. The van der Waals surface area contributed by atoms with E-state index in [2.05, 4.69) is 4.74 Å². The van der Waals surface area contributed by atoms with Crippen molar-refractivity contribution in [1.82, 2.24) is 0 Å². The molecule has 0 aromatic carbocycles. The molecular weight excluding hydrogens is 166 g/mol. The minimum atomic E-state index is -0.318. The third kappa shape index (κ3) is 11.4. The Morgan fingerprint density at radius 3 is 2.08 bits per heavy atom. The van der Waals surface area contributed by atoms with Gasteiger partial charge < -0.3 is 10.5 Å². The molecule has 0 spiro atoms. The summed E-state index contributed by atoms with van der Waals surface area (Å²) in [6.07, 6.45) is 4.15. The molecule has 0 amide bonds. The molecule has 1 fully saturated rings. The predicted octanol–water partition coefficient (Wildman–Crippen LogP) is 1.70. The Hall–Kier alpha value is -0.570. The average Bonchev–Trinajstić information content (AvgIpc) is 2.70. The first kappa shape index (κ1) is 12.4. The first-order chi connectivity index (χ1) is 5.99. The van der Waals surface area contributed by atoms with Crippen LogP contribution in [0.2, 0.25) is 0 Å². The van der Waals surface area contributed by atoms with Crippen LogP contribution in [0.15, 0.2) is 0 Å². The fraction of sp³-hybridized carbons (Fsp3) is 0.900. The minimum absolute atomic E-state index is 0.318. The van der Waals surface area contributed by atoms with E-state index in [1.807, 2.05) is 20.8 Å². The monoisotopic (exact) mass is 187 g/mol. The Morgan fingerprint density at radius 2 is 2.00 bits per heavy atom. The Morgan fingerprint density at radius 1 is 1.46 bits per heavy atom. The predicted molar refractivity (Wildman–Crippen MR) is 53.3 cm³/mol. The summed E-state index contributed by atoms with van der Waals surface area (Å²) in [6.45, 7) is 6.81. The van der Waals surface area contributed by atoms with Crippen LogP contribution >= 0.6 is 0 Å². The second-order valence-electron chi connectivity index (χ2n) is 4.35. The normalized spacial score (nSPS) is 15.7. The first-order valence-electron chi connectivity index (χ1n) is 4.81. The highest BCUT2D eigenvalue weighted by atomic mass is 16.5. The van der Waals surface area contributed by atoms with E-state index in [1.165, 1.54) is 19.3 Å². The van der Waals surface area contributed by atoms with Gasteiger partial charge in [-0.3, -0.25) is 4.79 Å². The number of carbonyl (C=O) groups is 1. The van der Waals surface area contributed by atoms with Crippen molar-refractivity contribution in [2.45, 2.75) is 45.6 Å². The Balaban J connectivity index is 0.000000223. The van der Waals surface area contributed by atoms with Gasteiger partial charge in [-0.15, -0.1) is 0 Å². The van der Waals surface area contributed by atoms with Crippen LogP contribution in [0.25, 0.3) is 0 Å². The number of hydrogen-bond donors (Lipinski definition) is 1. The molecule has 0 aliphatic heterocycles. The van der Waals surface area contributed by atoms with E-state index in [4.69, 9.17) is 5.73 Å². The molecule has 0 unspecified atom stereocenters. The average molecular weight is 187 g/mol. The molecule has 1 rings (SSSR count). The lowest BCUT2D eigenvalue weighted by molar-refractivity contribution is -0.138. The quantitative estimate of drug-likeness (QED) is 0.684. The van der Waals surface area contributed by atoms with E-state index in [1.54, 1.807) is 0 Å². The van der Waals surface area contributed by atoms with Crippen LogP contribution < -0.4 is 5.73 Å². The highest BCUT2D eigenvalue weighted by Crippen LogP contribution is 2.31. The standard InChI is InChI=1S/C5H11N.C5H10O2/c6-4-3-5-1-2-5;1-5(2,3)7-4-6/h5H,1-4,6H2;4H,1-3H3. The number of hydrogen-bond acceptors (Lipinski definition) is 3. The summed E-state index contributed by atoms with van der Waals surface area (Å²) in [5.74, 6) is 1.02. The van der Waals surface area contributed by atoms with Gasteiger partial charge in [0.15, 0.2) is 0 Å². The second kappa shape index (κ2) is 5.97. The number of nitrogens with two attached hydrogens (primary N) is 1. The zero-order valence-corrected chi connectivity index (χ0v) is 8.88. The fourth-order valence-corrected chi connectivity index (χ4v) is 0.787. The molecule has 0 aromatic rings. The van der Waals surface area contributed by atoms with Gasteiger partial charge in [0.05, 0.1) is 0 Å². The molecule has 0 bridgehead atoms. The maximum Gasteiger partial charge on any atom is 0.293 e. The van der Waals surface area contributed by atoms with Gasteiger partial charge in [0.25, 0.3) is 6.47 Å². The first-order valence-corrected chi connectivity index (χ1v) is 4.81. The zero-order valence-electron chi connectivity index (χ0n) is 8.88. The van der Waals surface area contributed by atoms with Crippen LogP contribution in [-0.2, 0) is 9.53 Å². The Labute approximate surface area is 80.6 Å². The van der Waals surface area contributed by atoms with E-state index >= 15 is 0 Å². The summed E-state index contributed by atoms with van der Waals surface area (Å²) >= 11 is 0. The smallest absolute Gasteiger partial charge is 0.293 e. The summed E-state index contributed by atoms with van der Waals surface area (Å²) in [4.78, 5) is 9.60. The molecule has 3 nitrogen and oxygen atoms in total. The largest absolute Gasteiger partial charge is 0.462 e. The molecule has 13 heavy (non-hydrogen) atoms. The van der Waals surface area contributed by atoms with Crippen LogP contribution in [-0.4, -0.2) is 18.6 Å². The highest BCUT2D eigenvalue weighted by Gasteiger charge is 2.18. The SMILES string of the molecule is CC(C)(C)OC=O.NCCC1CC1. The van der Waals surface area contributed by atoms with Gasteiger partial charge in [0.2, 0.25) is 0 Å². The molecule has 0 aromatic heterocycles. The van der Waals surface area contributed by atoms with Gasteiger partial charge in [-0.2, -0.15) is 0 Å². The second-order valence-corrected chi connectivity index (χ2v) is 4.35. The van der Waals surface area contributed by atoms with Gasteiger partial charge in [-0.25, -0.2) is 0 Å². The Bertz CT molecular complexity index is 136. The molecule has 3 heteroatoms. The van der Waals surface area contributed by atoms with Gasteiger partial charge in [0.1, 0.15) is 5.60 Å². The van der Waals surface area contributed by atoms with Crippen LogP contribution in [0.1, 0.15) is 40.0 Å². The summed E-state index contributed by atoms with van der Waals surface area (Å²) in [5, 5.41) is 0. The van der Waals surface area contributed by atoms with Crippen molar-refractivity contribution < 1.29 is 9.53 Å². The Kier molecular flexibility index (Phi) is 5.71. The molecule has 0 saturated heterocycles. The third-order valence-electron chi connectivity index (χ3n) is 1.67. The van der Waals surface area contributed by atoms with Crippen LogP contribution in [0, 0.1) is 5.92 Å². The molecule has 0 atom stereocenters. The van der Waals surface area contributed by atoms with E-state index < -0.39 is 0 Å². The van der Waals surface area contributed by atoms with Gasteiger partial charge >= 0.3 is 0 Å². The lowest BCUT2D eigenvalue weighted by atomic mass is 10.2. The van der Waals surface area contributed by atoms with Gasteiger partial charge in [-0.1, -0.05) is 12.8 Å². The summed E-state index contributed by atoms with van der Waals surface area (Å²) in [5.41, 5.74) is 4.95. The van der Waals surface area contributed by atoms with E-state index in [0.29, 0.717) is 6.47 Å². The van der Waals surface area contributed by atoms with E-state index in [0.717, 1.165) is 12.5 Å². The molecule has 78 valence electrons. The molecule has 1 saturated carbocycles. The molecule has 1 aliphatic rings. The molecule has 1 aliphatic carbocycles. The third-order valence-corrected chi connectivity index (χ3v) is 1.67. The maximum atomic E-state index is 9.60. The summed E-state index contributed by atoms with van der Waals surface area (Å²) in [7, 11) is 0. The van der Waals surface area contributed by atoms with Crippen molar-refractivity contribution in [3.63, 3.8) is 0 Å². The lowest BCUT2D eigenvalue weighted by Gasteiger charge is -2.14. The van der Waals surface area contributed by atoms with Crippen molar-refractivity contribution >= 4 is 6.47 Å². The highest BCUT2D eigenvalue weighted by molar-refractivity contribution is 5.37. The zero-order chi connectivity index (χ0) is 10.3. The number of ether oxygens (including phenoxy) is 1. The lowest BCUT2D eigenvalue weighted by Crippen LogP contribution is -2.17. The van der Waals surface area contributed by atoms with Crippen molar-refractivity contribution in [2.24, 2.45) is 11.7 Å². The molecule has 0 radical (unpaired) electrons. The van der Waals surface area contributed by atoms with E-state index in [-0.39, 0.29) is 5.60 Å². The van der Waals surface area contributed by atoms with Crippen molar-refractivity contribution in [3.8, 4) is 0 Å². The van der Waals surface area contributed by atoms with Crippen LogP contribution in [0.4, 0.5) is 0 Å². The van der Waals surface area contributed by atoms with Crippen molar-refractivity contribution in [1.29, 1.82) is 0 Å². The molecule has 0 heterocycles.